The van der Waals surface area contributed by atoms with Crippen LogP contribution in [0.4, 0.5) is 0 Å². The van der Waals surface area contributed by atoms with E-state index in [9.17, 15) is 19.5 Å². The van der Waals surface area contributed by atoms with Crippen molar-refractivity contribution in [2.24, 2.45) is 0 Å². The Bertz CT molecular complexity index is 2130. The quantitative estimate of drug-likeness (QED) is 0.0211. The molecule has 0 aromatic rings. The first-order valence-corrected chi connectivity index (χ1v) is 38.6. The van der Waals surface area contributed by atoms with E-state index in [2.05, 4.69) is 172 Å². The van der Waals surface area contributed by atoms with Crippen LogP contribution in [0, 0.1) is 0 Å². The second-order valence-electron chi connectivity index (χ2n) is 26.6. The van der Waals surface area contributed by atoms with Crippen LogP contribution in [0.25, 0.3) is 0 Å². The number of aliphatic carboxylic acids is 1. The number of hydrogen-bond donors (Lipinski definition) is 1. The Hall–Kier alpha value is -5.09. The van der Waals surface area contributed by atoms with Crippen LogP contribution in [-0.2, 0) is 33.3 Å². The highest BCUT2D eigenvalue weighted by atomic mass is 16.7. The van der Waals surface area contributed by atoms with Gasteiger partial charge in [0.2, 0.25) is 0 Å². The van der Waals surface area contributed by atoms with Gasteiger partial charge in [0.15, 0.2) is 6.10 Å². The molecule has 0 bridgehead atoms. The van der Waals surface area contributed by atoms with Crippen LogP contribution < -0.4 is 0 Å². The maximum absolute atomic E-state index is 13.0. The Kier molecular flexibility index (Phi) is 70.7. The lowest BCUT2D eigenvalue weighted by Gasteiger charge is -2.25. The van der Waals surface area contributed by atoms with Crippen molar-refractivity contribution in [1.29, 1.82) is 0 Å². The van der Waals surface area contributed by atoms with Crippen molar-refractivity contribution in [1.82, 2.24) is 0 Å². The highest BCUT2D eigenvalue weighted by molar-refractivity contribution is 5.71. The number of carbonyl (C=O) groups is 3. The summed E-state index contributed by atoms with van der Waals surface area (Å²) in [6.45, 7) is 4.64. The summed E-state index contributed by atoms with van der Waals surface area (Å²) in [5.74, 6) is -2.03. The lowest BCUT2D eigenvalue weighted by atomic mass is 10.0. The van der Waals surface area contributed by atoms with E-state index in [1.807, 2.05) is 21.1 Å². The maximum atomic E-state index is 13.0. The summed E-state index contributed by atoms with van der Waals surface area (Å²) in [6, 6.07) is 0. The van der Waals surface area contributed by atoms with E-state index in [1.54, 1.807) is 0 Å². The SMILES string of the molecule is CC/C=C\C/C=C\C/C=C\C/C=C\C/C=C\C/C=C\C/C=C\C/C=C\CCCCCCCCC(=O)OC(COC(=O)CCCCCCCCCCCCCCCCCCCCCCCCC/C=C\C/C=C\C/C=C\C/C=C\C/C=C\CC)COC(OCC[N+](C)(C)C)C(=O)O. The first kappa shape index (κ1) is 89.9. The van der Waals surface area contributed by atoms with E-state index in [4.69, 9.17) is 18.9 Å². The number of rotatable bonds is 70. The number of allylic oxidation sites excluding steroid dienone is 26. The number of unbranched alkanes of at least 4 members (excludes halogenated alkanes) is 29. The summed E-state index contributed by atoms with van der Waals surface area (Å²) in [7, 11) is 5.97. The lowest BCUT2D eigenvalue weighted by Crippen LogP contribution is -2.40. The van der Waals surface area contributed by atoms with Crippen LogP contribution >= 0.6 is 0 Å². The molecule has 9 heteroatoms. The highest BCUT2D eigenvalue weighted by Gasteiger charge is 2.25. The predicted molar refractivity (Wildman–Crippen MR) is 410 cm³/mol. The minimum Gasteiger partial charge on any atom is -0.477 e. The van der Waals surface area contributed by atoms with Gasteiger partial charge in [-0.2, -0.15) is 0 Å². The van der Waals surface area contributed by atoms with Gasteiger partial charge in [-0.05, 0) is 122 Å². The van der Waals surface area contributed by atoms with Crippen molar-refractivity contribution in [3.05, 3.63) is 158 Å². The largest absolute Gasteiger partial charge is 0.477 e. The van der Waals surface area contributed by atoms with Crippen LogP contribution in [0.5, 0.6) is 0 Å². The summed E-state index contributed by atoms with van der Waals surface area (Å²) < 4.78 is 23.0. The van der Waals surface area contributed by atoms with Crippen molar-refractivity contribution in [3.63, 3.8) is 0 Å². The van der Waals surface area contributed by atoms with Crippen LogP contribution in [0.3, 0.4) is 0 Å². The smallest absolute Gasteiger partial charge is 0.361 e. The molecule has 540 valence electrons. The Morgan fingerprint density at radius 3 is 0.842 bits per heavy atom. The number of quaternary nitrogens is 1. The summed E-state index contributed by atoms with van der Waals surface area (Å²) >= 11 is 0. The molecule has 2 unspecified atom stereocenters. The fourth-order valence-corrected chi connectivity index (χ4v) is 10.5. The van der Waals surface area contributed by atoms with Gasteiger partial charge in [-0.25, -0.2) is 4.79 Å². The highest BCUT2D eigenvalue weighted by Crippen LogP contribution is 2.18. The van der Waals surface area contributed by atoms with Crippen molar-refractivity contribution in [2.45, 2.75) is 322 Å². The third-order valence-corrected chi connectivity index (χ3v) is 16.3. The molecule has 0 aliphatic heterocycles. The molecule has 0 fully saturated rings. The number of carboxylic acids is 1. The zero-order chi connectivity index (χ0) is 69.0. The molecule has 0 aromatic heterocycles. The Morgan fingerprint density at radius 1 is 0.316 bits per heavy atom. The van der Waals surface area contributed by atoms with Gasteiger partial charge >= 0.3 is 17.9 Å². The van der Waals surface area contributed by atoms with Crippen molar-refractivity contribution in [2.75, 3.05) is 47.5 Å². The van der Waals surface area contributed by atoms with Gasteiger partial charge in [-0.3, -0.25) is 9.59 Å². The molecule has 0 saturated carbocycles. The number of carboxylic acid groups (broad SMARTS) is 1. The summed E-state index contributed by atoms with van der Waals surface area (Å²) in [5, 5.41) is 9.77. The van der Waals surface area contributed by atoms with Crippen LogP contribution in [0.1, 0.15) is 309 Å². The zero-order valence-electron chi connectivity index (χ0n) is 61.8. The molecule has 95 heavy (non-hydrogen) atoms. The van der Waals surface area contributed by atoms with Gasteiger partial charge in [0.05, 0.1) is 34.4 Å². The van der Waals surface area contributed by atoms with Crippen molar-refractivity contribution < 1.29 is 42.9 Å². The van der Waals surface area contributed by atoms with Crippen molar-refractivity contribution >= 4 is 17.9 Å². The Balaban J connectivity index is 4.08. The third kappa shape index (κ3) is 76.1. The van der Waals surface area contributed by atoms with Crippen LogP contribution in [0.2, 0.25) is 0 Å². The molecule has 0 heterocycles. The number of ether oxygens (including phenoxy) is 4. The van der Waals surface area contributed by atoms with E-state index in [0.29, 0.717) is 23.9 Å². The lowest BCUT2D eigenvalue weighted by molar-refractivity contribution is -0.870. The minimum absolute atomic E-state index is 0.178. The molecule has 0 aromatic carbocycles. The molecular formula is C86H144NO8+. The van der Waals surface area contributed by atoms with Gasteiger partial charge in [-0.15, -0.1) is 0 Å². The van der Waals surface area contributed by atoms with Gasteiger partial charge < -0.3 is 28.5 Å². The molecule has 0 saturated heterocycles. The van der Waals surface area contributed by atoms with Gasteiger partial charge in [0.1, 0.15) is 13.2 Å². The van der Waals surface area contributed by atoms with Gasteiger partial charge in [-0.1, -0.05) is 332 Å². The first-order valence-electron chi connectivity index (χ1n) is 38.6. The molecular weight excluding hydrogens is 1170 g/mol. The normalized spacial score (nSPS) is 13.6. The summed E-state index contributed by atoms with van der Waals surface area (Å²) in [5.41, 5.74) is 0. The van der Waals surface area contributed by atoms with Gasteiger partial charge in [0.25, 0.3) is 6.29 Å². The standard InChI is InChI=1S/C86H143NO8/c1-6-8-10-12-14-16-18-20-22-24-26-28-30-32-34-36-38-39-40-41-42-43-44-45-47-48-50-52-54-56-58-60-62-64-66-68-70-72-74-76-83(88)93-80-82(81-94-86(85(90)91)92-79-78-87(3,4)5)95-84(89)77-75-73-71-69-67-65-63-61-59-57-55-53-51-49-46-37-35-33-31-29-27-25-23-21-19-17-15-13-11-9-7-2/h8-11,14-17,20-23,26-29,32-35,46,49,53,55,59,61,82,86H,6-7,12-13,18-19,24-25,30-31,36-45,47-48,50-52,54,56-58,60,62-81H2,1-5H3/p+1/b10-8-,11-9-,16-14-,17-15-,22-20-,23-21-,28-26-,29-27-,34-32-,35-33-,49-46-,55-53-,61-59-. The number of esters is 2. The van der Waals surface area contributed by atoms with E-state index in [0.717, 1.165) is 141 Å². The third-order valence-electron chi connectivity index (χ3n) is 16.3. The van der Waals surface area contributed by atoms with E-state index in [-0.39, 0.29) is 32.2 Å². The number of hydrogen-bond acceptors (Lipinski definition) is 7. The molecule has 1 N–H and O–H groups in total. The predicted octanol–water partition coefficient (Wildman–Crippen LogP) is 24.8. The molecule has 0 aliphatic carbocycles. The van der Waals surface area contributed by atoms with E-state index < -0.39 is 24.3 Å². The van der Waals surface area contributed by atoms with Crippen LogP contribution in [-0.4, -0.2) is 87.4 Å². The zero-order valence-corrected chi connectivity index (χ0v) is 61.8. The second kappa shape index (κ2) is 74.7. The molecule has 0 amide bonds. The monoisotopic (exact) mass is 1320 g/mol. The summed E-state index contributed by atoms with van der Waals surface area (Å²) in [4.78, 5) is 37.7. The fraction of sp³-hybridized carbons (Fsp3) is 0.663. The molecule has 0 aliphatic rings. The molecule has 9 nitrogen and oxygen atoms in total. The maximum Gasteiger partial charge on any atom is 0.361 e. The minimum atomic E-state index is -1.52. The van der Waals surface area contributed by atoms with Gasteiger partial charge in [0, 0.05) is 12.8 Å². The number of carbonyl (C=O) groups excluding carboxylic acids is 2. The molecule has 2 atom stereocenters. The molecule has 0 rings (SSSR count). The second-order valence-corrected chi connectivity index (χ2v) is 26.6. The molecule has 0 radical (unpaired) electrons. The van der Waals surface area contributed by atoms with E-state index >= 15 is 0 Å². The number of likely N-dealkylation sites (N-methyl/N-ethyl adjacent to an activating group) is 1. The Morgan fingerprint density at radius 2 is 0.568 bits per heavy atom. The fourth-order valence-electron chi connectivity index (χ4n) is 10.5. The Labute approximate surface area is 584 Å². The topological polar surface area (TPSA) is 108 Å². The molecule has 0 spiro atoms. The van der Waals surface area contributed by atoms with Crippen molar-refractivity contribution in [3.8, 4) is 0 Å². The average Bonchev–Trinajstić information content (AvgIpc) is 3.24. The van der Waals surface area contributed by atoms with Crippen LogP contribution in [0.15, 0.2) is 158 Å². The first-order chi connectivity index (χ1) is 46.6. The van der Waals surface area contributed by atoms with E-state index in [1.165, 1.54) is 135 Å². The number of nitrogens with zero attached hydrogens (tertiary/aromatic N) is 1. The summed E-state index contributed by atoms with van der Waals surface area (Å²) in [6.07, 6.45) is 108. The average molecular weight is 1320 g/mol.